The van der Waals surface area contributed by atoms with E-state index in [4.69, 9.17) is 10.5 Å². The summed E-state index contributed by atoms with van der Waals surface area (Å²) >= 11 is 0. The van der Waals surface area contributed by atoms with Crippen LogP contribution in [0.5, 0.6) is 5.75 Å². The summed E-state index contributed by atoms with van der Waals surface area (Å²) in [6, 6.07) is 15.3. The van der Waals surface area contributed by atoms with E-state index < -0.39 is 0 Å². The number of anilines is 1. The van der Waals surface area contributed by atoms with Gasteiger partial charge in [0.05, 0.1) is 6.61 Å². The lowest BCUT2D eigenvalue weighted by molar-refractivity contribution is 0.340. The first-order valence-electron chi connectivity index (χ1n) is 9.40. The third kappa shape index (κ3) is 4.99. The molecule has 0 amide bonds. The molecule has 0 saturated heterocycles. The fraction of sp³-hybridized carbons (Fsp3) is 0.455. The van der Waals surface area contributed by atoms with Gasteiger partial charge in [-0.05, 0) is 81.6 Å². The van der Waals surface area contributed by atoms with Crippen LogP contribution in [0.3, 0.4) is 0 Å². The SMILES string of the molecule is CCOc1ccc(C(CN)Cc2ccc(N(CC)CC)cc2)c(C)c1. The molecule has 2 N–H and O–H groups in total. The van der Waals surface area contributed by atoms with Crippen molar-refractivity contribution in [1.82, 2.24) is 0 Å². The maximum Gasteiger partial charge on any atom is 0.119 e. The van der Waals surface area contributed by atoms with Gasteiger partial charge in [-0.1, -0.05) is 18.2 Å². The van der Waals surface area contributed by atoms with Crippen molar-refractivity contribution in [2.45, 2.75) is 40.0 Å². The highest BCUT2D eigenvalue weighted by Gasteiger charge is 2.14. The monoisotopic (exact) mass is 340 g/mol. The van der Waals surface area contributed by atoms with Crippen LogP contribution in [0.1, 0.15) is 43.4 Å². The van der Waals surface area contributed by atoms with Crippen LogP contribution in [0, 0.1) is 6.92 Å². The van der Waals surface area contributed by atoms with Crippen molar-refractivity contribution < 1.29 is 4.74 Å². The summed E-state index contributed by atoms with van der Waals surface area (Å²) in [5.74, 6) is 1.26. The van der Waals surface area contributed by atoms with E-state index in [1.165, 1.54) is 22.4 Å². The predicted octanol–water partition coefficient (Wildman–Crippen LogP) is 4.52. The molecule has 0 aromatic heterocycles. The van der Waals surface area contributed by atoms with Gasteiger partial charge in [0.1, 0.15) is 5.75 Å². The zero-order valence-corrected chi connectivity index (χ0v) is 16.1. The minimum Gasteiger partial charge on any atom is -0.494 e. The van der Waals surface area contributed by atoms with Gasteiger partial charge >= 0.3 is 0 Å². The van der Waals surface area contributed by atoms with Gasteiger partial charge in [-0.15, -0.1) is 0 Å². The Morgan fingerprint density at radius 2 is 1.68 bits per heavy atom. The molecule has 0 saturated carbocycles. The maximum absolute atomic E-state index is 6.10. The second-order valence-electron chi connectivity index (χ2n) is 6.43. The number of hydrogen-bond acceptors (Lipinski definition) is 3. The molecular formula is C22H32N2O. The van der Waals surface area contributed by atoms with E-state index >= 15 is 0 Å². The van der Waals surface area contributed by atoms with Crippen LogP contribution in [0.2, 0.25) is 0 Å². The standard InChI is InChI=1S/C22H32N2O/c1-5-24(6-2)20-10-8-18(9-11-20)15-19(16-23)22-13-12-21(25-7-3)14-17(22)4/h8-14,19H,5-7,15-16,23H2,1-4H3. The lowest BCUT2D eigenvalue weighted by atomic mass is 9.89. The minimum absolute atomic E-state index is 0.329. The lowest BCUT2D eigenvalue weighted by Crippen LogP contribution is -2.21. The first kappa shape index (κ1) is 19.3. The van der Waals surface area contributed by atoms with Crippen molar-refractivity contribution in [1.29, 1.82) is 0 Å². The number of aryl methyl sites for hydroxylation is 1. The van der Waals surface area contributed by atoms with Gasteiger partial charge in [-0.25, -0.2) is 0 Å². The quantitative estimate of drug-likeness (QED) is 0.729. The Labute approximate surface area is 152 Å². The number of benzene rings is 2. The fourth-order valence-corrected chi connectivity index (χ4v) is 3.40. The van der Waals surface area contributed by atoms with E-state index in [2.05, 4.69) is 68.1 Å². The summed E-state index contributed by atoms with van der Waals surface area (Å²) in [5, 5.41) is 0. The molecule has 0 aliphatic heterocycles. The topological polar surface area (TPSA) is 38.5 Å². The summed E-state index contributed by atoms with van der Waals surface area (Å²) in [5.41, 5.74) is 11.3. The summed E-state index contributed by atoms with van der Waals surface area (Å²) in [7, 11) is 0. The summed E-state index contributed by atoms with van der Waals surface area (Å²) in [6.07, 6.45) is 0.962. The molecule has 0 radical (unpaired) electrons. The van der Waals surface area contributed by atoms with Crippen LogP contribution in [-0.4, -0.2) is 26.2 Å². The van der Waals surface area contributed by atoms with Crippen molar-refractivity contribution in [3.8, 4) is 5.75 Å². The molecular weight excluding hydrogens is 308 g/mol. The average Bonchev–Trinajstić information content (AvgIpc) is 2.63. The predicted molar refractivity (Wildman–Crippen MR) is 108 cm³/mol. The molecule has 0 aliphatic rings. The summed E-state index contributed by atoms with van der Waals surface area (Å²) in [6.45, 7) is 11.9. The van der Waals surface area contributed by atoms with Crippen molar-refractivity contribution in [3.63, 3.8) is 0 Å². The normalized spacial score (nSPS) is 12.0. The highest BCUT2D eigenvalue weighted by Crippen LogP contribution is 2.27. The van der Waals surface area contributed by atoms with Gasteiger partial charge in [-0.2, -0.15) is 0 Å². The third-order valence-corrected chi connectivity index (χ3v) is 4.82. The van der Waals surface area contributed by atoms with E-state index in [1.54, 1.807) is 0 Å². The summed E-state index contributed by atoms with van der Waals surface area (Å²) < 4.78 is 5.59. The fourth-order valence-electron chi connectivity index (χ4n) is 3.40. The maximum atomic E-state index is 6.10. The van der Waals surface area contributed by atoms with Crippen LogP contribution >= 0.6 is 0 Å². The number of nitrogens with zero attached hydrogens (tertiary/aromatic N) is 1. The zero-order chi connectivity index (χ0) is 18.2. The van der Waals surface area contributed by atoms with Gasteiger partial charge < -0.3 is 15.4 Å². The van der Waals surface area contributed by atoms with Gasteiger partial charge in [0.15, 0.2) is 0 Å². The molecule has 0 spiro atoms. The molecule has 2 aromatic carbocycles. The lowest BCUT2D eigenvalue weighted by Gasteiger charge is -2.22. The van der Waals surface area contributed by atoms with Gasteiger partial charge in [0.2, 0.25) is 0 Å². The van der Waals surface area contributed by atoms with Gasteiger partial charge in [-0.3, -0.25) is 0 Å². The Bertz CT molecular complexity index is 648. The molecule has 25 heavy (non-hydrogen) atoms. The Morgan fingerprint density at radius 3 is 2.20 bits per heavy atom. The Balaban J connectivity index is 2.14. The first-order chi connectivity index (χ1) is 12.1. The van der Waals surface area contributed by atoms with Crippen molar-refractivity contribution >= 4 is 5.69 Å². The van der Waals surface area contributed by atoms with Crippen molar-refractivity contribution in [3.05, 3.63) is 59.2 Å². The molecule has 2 aromatic rings. The van der Waals surface area contributed by atoms with E-state index in [-0.39, 0.29) is 0 Å². The summed E-state index contributed by atoms with van der Waals surface area (Å²) in [4.78, 5) is 2.36. The largest absolute Gasteiger partial charge is 0.494 e. The second kappa shape index (κ2) is 9.47. The average molecular weight is 341 g/mol. The molecule has 1 atom stereocenters. The second-order valence-corrected chi connectivity index (χ2v) is 6.43. The van der Waals surface area contributed by atoms with Crippen LogP contribution < -0.4 is 15.4 Å². The number of nitrogens with two attached hydrogens (primary N) is 1. The van der Waals surface area contributed by atoms with E-state index in [0.29, 0.717) is 19.1 Å². The van der Waals surface area contributed by atoms with E-state index in [1.807, 2.05) is 6.92 Å². The molecule has 3 nitrogen and oxygen atoms in total. The van der Waals surface area contributed by atoms with Crippen LogP contribution in [0.4, 0.5) is 5.69 Å². The van der Waals surface area contributed by atoms with E-state index in [9.17, 15) is 0 Å². The minimum atomic E-state index is 0.329. The molecule has 0 heterocycles. The molecule has 3 heteroatoms. The molecule has 136 valence electrons. The number of ether oxygens (including phenoxy) is 1. The Kier molecular flexibility index (Phi) is 7.32. The first-order valence-corrected chi connectivity index (χ1v) is 9.40. The van der Waals surface area contributed by atoms with Gasteiger partial charge in [0, 0.05) is 24.7 Å². The number of rotatable bonds is 9. The molecule has 0 fully saturated rings. The highest BCUT2D eigenvalue weighted by molar-refractivity contribution is 5.48. The third-order valence-electron chi connectivity index (χ3n) is 4.82. The molecule has 1 unspecified atom stereocenters. The molecule has 2 rings (SSSR count). The van der Waals surface area contributed by atoms with Crippen LogP contribution in [0.25, 0.3) is 0 Å². The van der Waals surface area contributed by atoms with Crippen molar-refractivity contribution in [2.24, 2.45) is 5.73 Å². The van der Waals surface area contributed by atoms with Gasteiger partial charge in [0.25, 0.3) is 0 Å². The van der Waals surface area contributed by atoms with Crippen molar-refractivity contribution in [2.75, 3.05) is 31.1 Å². The molecule has 0 bridgehead atoms. The smallest absolute Gasteiger partial charge is 0.119 e. The Morgan fingerprint density at radius 1 is 1.00 bits per heavy atom. The Hall–Kier alpha value is -2.00. The van der Waals surface area contributed by atoms with E-state index in [0.717, 1.165) is 25.3 Å². The highest BCUT2D eigenvalue weighted by atomic mass is 16.5. The number of hydrogen-bond donors (Lipinski definition) is 1. The van der Waals surface area contributed by atoms with Crippen LogP contribution in [0.15, 0.2) is 42.5 Å². The molecule has 0 aliphatic carbocycles. The van der Waals surface area contributed by atoms with Crippen LogP contribution in [-0.2, 0) is 6.42 Å². The zero-order valence-electron chi connectivity index (χ0n) is 16.1.